The minimum atomic E-state index is -4.83. The summed E-state index contributed by atoms with van der Waals surface area (Å²) in [6, 6.07) is 0.237. The molecule has 1 saturated heterocycles. The molecule has 0 radical (unpaired) electrons. The van der Waals surface area contributed by atoms with Gasteiger partial charge in [-0.3, -0.25) is 9.09 Å². The number of hydrogen-bond acceptors (Lipinski definition) is 8. The molecule has 0 saturated carbocycles. The number of aliphatic hydroxyl groups is 1. The zero-order valence-electron chi connectivity index (χ0n) is 10.6. The van der Waals surface area contributed by atoms with E-state index in [2.05, 4.69) is 9.51 Å². The van der Waals surface area contributed by atoms with Crippen molar-refractivity contribution < 1.29 is 28.7 Å². The summed E-state index contributed by atoms with van der Waals surface area (Å²) in [6.07, 6.45) is -2.20. The molecule has 0 spiro atoms. The van der Waals surface area contributed by atoms with Gasteiger partial charge >= 0.3 is 13.5 Å². The van der Waals surface area contributed by atoms with Crippen LogP contribution in [0.15, 0.2) is 17.1 Å². The molecular formula is C9H15N4O7P. The van der Waals surface area contributed by atoms with Crippen molar-refractivity contribution in [2.45, 2.75) is 24.5 Å². The van der Waals surface area contributed by atoms with Crippen LogP contribution in [0.3, 0.4) is 0 Å². The van der Waals surface area contributed by atoms with Crippen LogP contribution < -0.4 is 17.2 Å². The van der Waals surface area contributed by atoms with Crippen LogP contribution in [0.5, 0.6) is 0 Å². The molecule has 7 N–H and O–H groups in total. The van der Waals surface area contributed by atoms with Crippen molar-refractivity contribution in [2.24, 2.45) is 5.73 Å². The average molecular weight is 322 g/mol. The molecule has 0 aliphatic carbocycles. The second-order valence-corrected chi connectivity index (χ2v) is 5.62. The lowest BCUT2D eigenvalue weighted by Crippen LogP contribution is -2.43. The lowest BCUT2D eigenvalue weighted by atomic mass is 10.1. The molecule has 0 bridgehead atoms. The fraction of sp³-hybridized carbons (Fsp3) is 0.556. The third kappa shape index (κ3) is 3.47. The van der Waals surface area contributed by atoms with Gasteiger partial charge in [-0.2, -0.15) is 4.98 Å². The summed E-state index contributed by atoms with van der Waals surface area (Å²) in [6.45, 7) is -0.591. The van der Waals surface area contributed by atoms with Crippen LogP contribution in [0.1, 0.15) is 6.23 Å². The molecule has 1 aliphatic heterocycles. The van der Waals surface area contributed by atoms with Crippen LogP contribution in [-0.4, -0.2) is 49.3 Å². The number of aliphatic hydroxyl groups excluding tert-OH is 1. The van der Waals surface area contributed by atoms with Crippen molar-refractivity contribution in [3.05, 3.63) is 22.7 Å². The first-order valence-corrected chi connectivity index (χ1v) is 7.36. The fourth-order valence-electron chi connectivity index (χ4n) is 2.07. The molecule has 12 heteroatoms. The van der Waals surface area contributed by atoms with Crippen molar-refractivity contribution in [3.63, 3.8) is 0 Å². The van der Waals surface area contributed by atoms with Crippen LogP contribution in [0, 0.1) is 0 Å². The van der Waals surface area contributed by atoms with E-state index in [1.807, 2.05) is 0 Å². The number of nitrogen functional groups attached to an aromatic ring is 1. The Balaban J connectivity index is 2.31. The number of hydrogen-bond donors (Lipinski definition) is 5. The molecule has 2 heterocycles. The molecule has 1 aromatic heterocycles. The maximum atomic E-state index is 11.7. The van der Waals surface area contributed by atoms with E-state index in [-0.39, 0.29) is 5.82 Å². The molecule has 21 heavy (non-hydrogen) atoms. The Labute approximate surface area is 118 Å². The molecule has 0 unspecified atom stereocenters. The maximum Gasteiger partial charge on any atom is 0.470 e. The summed E-state index contributed by atoms with van der Waals surface area (Å²) in [5.74, 6) is 0.00421. The molecule has 4 atom stereocenters. The number of nitrogens with zero attached hydrogens (tertiary/aromatic N) is 2. The monoisotopic (exact) mass is 322 g/mol. The predicted molar refractivity (Wildman–Crippen MR) is 68.8 cm³/mol. The van der Waals surface area contributed by atoms with Crippen molar-refractivity contribution in [1.82, 2.24) is 9.55 Å². The standard InChI is InChI=1S/C9H15N4O7P/c10-5-1-2-13(9(15)12-5)8-6(11)7(4(3-14)19-8)20-21(16,17)18/h1-2,4,6-8,14H,3,11H2,(H2,10,12,15)(H2,16,17,18)/t4-,6-,7-,8-/m1/s1. The number of rotatable bonds is 4. The lowest BCUT2D eigenvalue weighted by molar-refractivity contribution is -0.0458. The average Bonchev–Trinajstić information content (AvgIpc) is 2.65. The van der Waals surface area contributed by atoms with Gasteiger partial charge in [-0.15, -0.1) is 0 Å². The summed E-state index contributed by atoms with van der Waals surface area (Å²) in [5, 5.41) is 9.19. The van der Waals surface area contributed by atoms with Gasteiger partial charge in [0.2, 0.25) is 0 Å². The highest BCUT2D eigenvalue weighted by atomic mass is 31.2. The van der Waals surface area contributed by atoms with Crippen molar-refractivity contribution in [3.8, 4) is 0 Å². The minimum Gasteiger partial charge on any atom is -0.394 e. The summed E-state index contributed by atoms with van der Waals surface area (Å²) >= 11 is 0. The fourth-order valence-corrected chi connectivity index (χ4v) is 2.66. The van der Waals surface area contributed by atoms with Gasteiger partial charge in [0.25, 0.3) is 0 Å². The molecular weight excluding hydrogens is 307 g/mol. The molecule has 0 amide bonds. The van der Waals surface area contributed by atoms with Crippen LogP contribution in [0.25, 0.3) is 0 Å². The van der Waals surface area contributed by atoms with Gasteiger partial charge in [-0.1, -0.05) is 0 Å². The highest BCUT2D eigenvalue weighted by Crippen LogP contribution is 2.42. The first kappa shape index (κ1) is 16.0. The quantitative estimate of drug-likeness (QED) is 0.372. The van der Waals surface area contributed by atoms with Gasteiger partial charge in [-0.25, -0.2) is 9.36 Å². The van der Waals surface area contributed by atoms with Crippen molar-refractivity contribution in [1.29, 1.82) is 0 Å². The smallest absolute Gasteiger partial charge is 0.394 e. The minimum absolute atomic E-state index is 0.00421. The maximum absolute atomic E-state index is 11.7. The zero-order valence-corrected chi connectivity index (χ0v) is 11.5. The van der Waals surface area contributed by atoms with Crippen molar-refractivity contribution >= 4 is 13.6 Å². The van der Waals surface area contributed by atoms with Crippen LogP contribution in [0.4, 0.5) is 5.82 Å². The summed E-state index contributed by atoms with van der Waals surface area (Å²) in [4.78, 5) is 32.9. The molecule has 1 fully saturated rings. The Morgan fingerprint density at radius 2 is 2.19 bits per heavy atom. The SMILES string of the molecule is Nc1ccn([C@@H]2O[C@H](CO)[C@@H](OP(=O)(O)O)[C@H]2N)c(=O)n1. The Bertz CT molecular complexity index is 616. The Morgan fingerprint density at radius 1 is 1.52 bits per heavy atom. The number of phosphoric ester groups is 1. The van der Waals surface area contributed by atoms with Gasteiger partial charge in [0.1, 0.15) is 18.0 Å². The van der Waals surface area contributed by atoms with Gasteiger partial charge in [0, 0.05) is 6.20 Å². The second kappa shape index (κ2) is 5.81. The van der Waals surface area contributed by atoms with Crippen LogP contribution >= 0.6 is 7.82 Å². The lowest BCUT2D eigenvalue weighted by Gasteiger charge is -2.20. The normalized spacial score (nSPS) is 29.7. The van der Waals surface area contributed by atoms with E-state index in [0.717, 1.165) is 4.57 Å². The largest absolute Gasteiger partial charge is 0.470 e. The van der Waals surface area contributed by atoms with E-state index in [1.54, 1.807) is 0 Å². The molecule has 1 aromatic rings. The number of phosphoric acid groups is 1. The topological polar surface area (TPSA) is 183 Å². The van der Waals surface area contributed by atoms with E-state index in [0.29, 0.717) is 0 Å². The van der Waals surface area contributed by atoms with Gasteiger partial charge < -0.3 is 31.1 Å². The van der Waals surface area contributed by atoms with Crippen LogP contribution in [0.2, 0.25) is 0 Å². The third-order valence-corrected chi connectivity index (χ3v) is 3.47. The summed E-state index contributed by atoms with van der Waals surface area (Å²) < 4.78 is 21.8. The number of anilines is 1. The summed E-state index contributed by atoms with van der Waals surface area (Å²) in [7, 11) is -4.83. The Morgan fingerprint density at radius 3 is 2.71 bits per heavy atom. The predicted octanol–water partition coefficient (Wildman–Crippen LogP) is -2.48. The highest BCUT2D eigenvalue weighted by Gasteiger charge is 2.47. The van der Waals surface area contributed by atoms with Crippen molar-refractivity contribution in [2.75, 3.05) is 12.3 Å². The molecule has 1 aliphatic rings. The number of aromatic nitrogens is 2. The molecule has 11 nitrogen and oxygen atoms in total. The van der Waals surface area contributed by atoms with Gasteiger partial charge in [0.15, 0.2) is 6.23 Å². The zero-order chi connectivity index (χ0) is 15.8. The number of nitrogens with two attached hydrogens (primary N) is 2. The highest BCUT2D eigenvalue weighted by molar-refractivity contribution is 7.46. The summed E-state index contributed by atoms with van der Waals surface area (Å²) in [5.41, 5.74) is 10.4. The van der Waals surface area contributed by atoms with Gasteiger partial charge in [0.05, 0.1) is 12.6 Å². The van der Waals surface area contributed by atoms with E-state index >= 15 is 0 Å². The van der Waals surface area contributed by atoms with Crippen LogP contribution in [-0.2, 0) is 13.8 Å². The van der Waals surface area contributed by atoms with Gasteiger partial charge in [-0.05, 0) is 6.07 Å². The molecule has 0 aromatic carbocycles. The van der Waals surface area contributed by atoms with E-state index in [1.165, 1.54) is 12.3 Å². The second-order valence-electron chi connectivity index (χ2n) is 4.43. The molecule has 2 rings (SSSR count). The first-order valence-electron chi connectivity index (χ1n) is 5.83. The van der Waals surface area contributed by atoms with E-state index in [9.17, 15) is 14.5 Å². The van der Waals surface area contributed by atoms with E-state index < -0.39 is 44.6 Å². The Hall–Kier alpha value is -1.33. The molecule has 118 valence electrons. The number of ether oxygens (including phenoxy) is 1. The first-order chi connectivity index (χ1) is 9.73. The van der Waals surface area contributed by atoms with E-state index in [4.69, 9.17) is 26.0 Å². The Kier molecular flexibility index (Phi) is 4.44. The third-order valence-electron chi connectivity index (χ3n) is 2.95.